The summed E-state index contributed by atoms with van der Waals surface area (Å²) < 4.78 is 38.9. The summed E-state index contributed by atoms with van der Waals surface area (Å²) >= 11 is 0. The molecule has 2 fully saturated rings. The lowest BCUT2D eigenvalue weighted by Crippen LogP contribution is -2.54. The number of urea groups is 1. The topological polar surface area (TPSA) is 77.8 Å². The van der Waals surface area contributed by atoms with Gasteiger partial charge in [-0.05, 0) is 104 Å². The molecule has 0 radical (unpaired) electrons. The number of anilines is 2. The zero-order valence-corrected chi connectivity index (χ0v) is 26.1. The number of amides is 2. The van der Waals surface area contributed by atoms with E-state index in [9.17, 15) is 18.8 Å². The Labute approximate surface area is 268 Å². The van der Waals surface area contributed by atoms with Crippen LogP contribution in [0.15, 0.2) is 84.9 Å². The number of hydrogen-bond donors (Lipinski definition) is 1. The molecule has 0 spiro atoms. The van der Waals surface area contributed by atoms with Crippen LogP contribution in [0, 0.1) is 23.0 Å². The minimum Gasteiger partial charge on any atom is -0.493 e. The molecule has 2 aliphatic rings. The van der Waals surface area contributed by atoms with Gasteiger partial charge < -0.3 is 19.7 Å². The Kier molecular flexibility index (Phi) is 8.65. The summed E-state index contributed by atoms with van der Waals surface area (Å²) in [5, 5.41) is 12.2. The summed E-state index contributed by atoms with van der Waals surface area (Å²) in [5.74, 6) is -0.632. The molecule has 0 aromatic heterocycles. The number of methoxy groups -OCH3 is 2. The molecule has 1 N–H and O–H groups in total. The fourth-order valence-electron chi connectivity index (χ4n) is 7.31. The van der Waals surface area contributed by atoms with E-state index in [1.165, 1.54) is 11.6 Å². The van der Waals surface area contributed by atoms with Crippen molar-refractivity contribution in [2.75, 3.05) is 38.0 Å². The molecule has 9 heteroatoms. The first-order valence-electron chi connectivity index (χ1n) is 15.3. The highest BCUT2D eigenvalue weighted by molar-refractivity contribution is 6.02. The third-order valence-electron chi connectivity index (χ3n) is 9.68. The molecule has 46 heavy (non-hydrogen) atoms. The van der Waals surface area contributed by atoms with Gasteiger partial charge in [-0.15, -0.1) is 0 Å². The second-order valence-electron chi connectivity index (χ2n) is 12.1. The minimum atomic E-state index is -1.03. The van der Waals surface area contributed by atoms with Crippen LogP contribution in [0.3, 0.4) is 0 Å². The minimum absolute atomic E-state index is 0.122. The number of halogens is 2. The number of likely N-dealkylation sites (tertiary alicyclic amines) is 1. The van der Waals surface area contributed by atoms with Crippen molar-refractivity contribution in [2.45, 2.75) is 43.2 Å². The summed E-state index contributed by atoms with van der Waals surface area (Å²) in [6, 6.07) is 26.3. The zero-order valence-electron chi connectivity index (χ0n) is 26.1. The fraction of sp³-hybridized carbons (Fsp3) is 0.297. The smallest absolute Gasteiger partial charge is 0.326 e. The zero-order chi connectivity index (χ0) is 32.4. The van der Waals surface area contributed by atoms with E-state index in [-0.39, 0.29) is 23.2 Å². The lowest BCUT2D eigenvalue weighted by molar-refractivity contribution is 0.164. The summed E-state index contributed by atoms with van der Waals surface area (Å²) in [6.07, 6.45) is 3.27. The van der Waals surface area contributed by atoms with Gasteiger partial charge in [-0.25, -0.2) is 13.6 Å². The second kappa shape index (κ2) is 12.8. The number of rotatable bonds is 7. The van der Waals surface area contributed by atoms with Crippen LogP contribution < -0.4 is 19.7 Å². The van der Waals surface area contributed by atoms with Gasteiger partial charge in [-0.1, -0.05) is 30.3 Å². The molecule has 236 valence electrons. The summed E-state index contributed by atoms with van der Waals surface area (Å²) in [6.45, 7) is 0.920. The molecule has 2 amide bonds. The van der Waals surface area contributed by atoms with Gasteiger partial charge >= 0.3 is 6.03 Å². The number of likely N-dealkylation sites (N-methyl/N-ethyl adjacent to an activating group) is 1. The van der Waals surface area contributed by atoms with Crippen molar-refractivity contribution in [3.8, 4) is 28.7 Å². The maximum atomic E-state index is 14.1. The number of carbonyl (C=O) groups excluding carboxylic acids is 1. The predicted molar refractivity (Wildman–Crippen MR) is 174 cm³/mol. The van der Waals surface area contributed by atoms with Crippen molar-refractivity contribution >= 4 is 17.4 Å². The van der Waals surface area contributed by atoms with Crippen LogP contribution >= 0.6 is 0 Å². The lowest BCUT2D eigenvalue weighted by Gasteiger charge is -2.47. The Morgan fingerprint density at radius 2 is 1.72 bits per heavy atom. The Balaban J connectivity index is 1.34. The van der Waals surface area contributed by atoms with E-state index < -0.39 is 17.7 Å². The standard InChI is InChI=1S/C37H36F2N4O3/c1-42-18-17-37(27-9-14-33(45-2)34(20-27)46-3)16-15-30(22-35(37)42)43(36(44)41-28-10-13-31(38)32(39)21-28)29-11-7-25(8-12-29)26-6-4-5-24(19-26)23-40/h4-14,19-21,30,35H,15-18,22H2,1-3H3,(H,41,44)/t30-,35-,37+/m1/s1. The summed E-state index contributed by atoms with van der Waals surface area (Å²) in [7, 11) is 5.40. The van der Waals surface area contributed by atoms with Gasteiger partial charge in [0.15, 0.2) is 23.1 Å². The number of benzene rings is 4. The van der Waals surface area contributed by atoms with E-state index in [2.05, 4.69) is 35.5 Å². The first-order valence-corrected chi connectivity index (χ1v) is 15.3. The van der Waals surface area contributed by atoms with E-state index in [1.807, 2.05) is 48.5 Å². The van der Waals surface area contributed by atoms with Crippen molar-refractivity contribution in [3.05, 3.63) is 108 Å². The highest BCUT2D eigenvalue weighted by atomic mass is 19.2. The Morgan fingerprint density at radius 3 is 2.43 bits per heavy atom. The number of nitriles is 1. The Morgan fingerprint density at radius 1 is 0.935 bits per heavy atom. The molecule has 1 heterocycles. The summed E-state index contributed by atoms with van der Waals surface area (Å²) in [4.78, 5) is 18.2. The highest BCUT2D eigenvalue weighted by Gasteiger charge is 2.52. The van der Waals surface area contributed by atoms with Crippen LogP contribution in [-0.2, 0) is 5.41 Å². The van der Waals surface area contributed by atoms with Crippen LogP contribution in [0.1, 0.15) is 36.8 Å². The van der Waals surface area contributed by atoms with Crippen LogP contribution in [0.25, 0.3) is 11.1 Å². The summed E-state index contributed by atoms with van der Waals surface area (Å²) in [5.41, 5.74) is 4.30. The van der Waals surface area contributed by atoms with Gasteiger partial charge in [0.05, 0.1) is 25.9 Å². The lowest BCUT2D eigenvalue weighted by atomic mass is 9.64. The average molecular weight is 623 g/mol. The van der Waals surface area contributed by atoms with E-state index in [4.69, 9.17) is 9.47 Å². The van der Waals surface area contributed by atoms with Crippen LogP contribution in [0.5, 0.6) is 11.5 Å². The van der Waals surface area contributed by atoms with Crippen LogP contribution in [-0.4, -0.2) is 50.8 Å². The third-order valence-corrected chi connectivity index (χ3v) is 9.68. The van der Waals surface area contributed by atoms with Crippen molar-refractivity contribution < 1.29 is 23.0 Å². The quantitative estimate of drug-likeness (QED) is 0.228. The van der Waals surface area contributed by atoms with Gasteiger partial charge in [0.2, 0.25) is 0 Å². The molecule has 4 aromatic carbocycles. The first-order chi connectivity index (χ1) is 22.3. The number of hydrogen-bond acceptors (Lipinski definition) is 5. The van der Waals surface area contributed by atoms with Crippen LogP contribution in [0.2, 0.25) is 0 Å². The Hall–Kier alpha value is -4.94. The van der Waals surface area contributed by atoms with Crippen molar-refractivity contribution in [2.24, 2.45) is 0 Å². The van der Waals surface area contributed by atoms with Gasteiger partial charge in [-0.3, -0.25) is 4.90 Å². The van der Waals surface area contributed by atoms with Crippen LogP contribution in [0.4, 0.5) is 25.0 Å². The third kappa shape index (κ3) is 5.77. The number of ether oxygens (including phenoxy) is 2. The molecule has 1 aliphatic heterocycles. The van der Waals surface area contributed by atoms with Crippen molar-refractivity contribution in [1.82, 2.24) is 4.90 Å². The maximum Gasteiger partial charge on any atom is 0.326 e. The SMILES string of the molecule is COc1ccc([C@@]23CC[C@@H](N(C(=O)Nc4ccc(F)c(F)c4)c4ccc(-c5cccc(C#N)c5)cc4)C[C@H]2N(C)CC3)cc1OC. The molecule has 3 atom stereocenters. The van der Waals surface area contributed by atoms with Gasteiger partial charge in [-0.2, -0.15) is 5.26 Å². The van der Waals surface area contributed by atoms with Crippen molar-refractivity contribution in [1.29, 1.82) is 5.26 Å². The number of fused-ring (bicyclic) bond motifs is 1. The van der Waals surface area contributed by atoms with Crippen molar-refractivity contribution in [3.63, 3.8) is 0 Å². The molecule has 1 aliphatic carbocycles. The highest BCUT2D eigenvalue weighted by Crippen LogP contribution is 2.51. The number of nitrogens with zero attached hydrogens (tertiary/aromatic N) is 3. The molecular weight excluding hydrogens is 586 g/mol. The van der Waals surface area contributed by atoms with E-state index in [0.717, 1.165) is 49.1 Å². The van der Waals surface area contributed by atoms with Gasteiger partial charge in [0, 0.05) is 34.9 Å². The Bertz CT molecular complexity index is 1790. The maximum absolute atomic E-state index is 14.1. The van der Waals surface area contributed by atoms with E-state index in [0.29, 0.717) is 29.2 Å². The molecule has 7 nitrogen and oxygen atoms in total. The fourth-order valence-corrected chi connectivity index (χ4v) is 7.31. The molecule has 0 bridgehead atoms. The van der Waals surface area contributed by atoms with Gasteiger partial charge in [0.25, 0.3) is 0 Å². The monoisotopic (exact) mass is 622 g/mol. The number of carbonyl (C=O) groups is 1. The second-order valence-corrected chi connectivity index (χ2v) is 12.1. The number of nitrogens with one attached hydrogen (secondary N) is 1. The molecule has 0 unspecified atom stereocenters. The normalized spacial score (nSPS) is 20.8. The molecule has 1 saturated carbocycles. The molecule has 4 aromatic rings. The first kappa shape index (κ1) is 31.1. The molecule has 1 saturated heterocycles. The average Bonchev–Trinajstić information content (AvgIpc) is 3.43. The largest absolute Gasteiger partial charge is 0.493 e. The van der Waals surface area contributed by atoms with E-state index >= 15 is 0 Å². The van der Waals surface area contributed by atoms with E-state index in [1.54, 1.807) is 25.2 Å². The van der Waals surface area contributed by atoms with Gasteiger partial charge in [0.1, 0.15) is 0 Å². The predicted octanol–water partition coefficient (Wildman–Crippen LogP) is 7.75. The molecular formula is C37H36F2N4O3. The molecule has 6 rings (SSSR count).